The van der Waals surface area contributed by atoms with E-state index in [1.807, 2.05) is 97.1 Å². The smallest absolute Gasteiger partial charge is 0.309 e. The molecular weight excluding hydrogens is 925 g/mol. The average Bonchev–Trinajstić information content (AvgIpc) is 3.88. The van der Waals surface area contributed by atoms with Crippen LogP contribution in [0.3, 0.4) is 0 Å². The molecule has 0 aliphatic rings. The highest BCUT2D eigenvalue weighted by atomic mass is 16.5. The molecule has 15 nitrogen and oxygen atoms in total. The maximum absolute atomic E-state index is 12.2. The van der Waals surface area contributed by atoms with E-state index in [0.717, 1.165) is 39.1 Å². The van der Waals surface area contributed by atoms with E-state index in [2.05, 4.69) is 0 Å². The van der Waals surface area contributed by atoms with Crippen LogP contribution in [0.4, 0.5) is 0 Å². The number of aromatic nitrogens is 6. The second kappa shape index (κ2) is 21.6. The van der Waals surface area contributed by atoms with Crippen LogP contribution in [0.1, 0.15) is 65.8 Å². The van der Waals surface area contributed by atoms with Crippen molar-refractivity contribution in [3.05, 3.63) is 215 Å². The Bertz CT molecular complexity index is 3580. The number of aromatic hydroxyl groups is 3. The van der Waals surface area contributed by atoms with Gasteiger partial charge in [0.15, 0.2) is 11.3 Å². The van der Waals surface area contributed by atoms with Crippen molar-refractivity contribution >= 4 is 29.2 Å². The van der Waals surface area contributed by atoms with Crippen molar-refractivity contribution in [1.29, 1.82) is 0 Å². The summed E-state index contributed by atoms with van der Waals surface area (Å²) in [7, 11) is 0. The molecule has 0 spiro atoms. The van der Waals surface area contributed by atoms with Crippen molar-refractivity contribution in [2.45, 2.75) is 46.5 Å². The van der Waals surface area contributed by atoms with Gasteiger partial charge in [-0.3, -0.25) is 23.2 Å². The zero-order chi connectivity index (χ0) is 51.0. The fourth-order valence-corrected chi connectivity index (χ4v) is 8.18. The van der Waals surface area contributed by atoms with Gasteiger partial charge in [0.25, 0.3) is 0 Å². The summed E-state index contributed by atoms with van der Waals surface area (Å²) in [4.78, 5) is 54.2. The van der Waals surface area contributed by atoms with Gasteiger partial charge < -0.3 is 29.5 Å². The van der Waals surface area contributed by atoms with Gasteiger partial charge in [-0.25, -0.2) is 19.9 Å². The molecule has 0 fully saturated rings. The Hall–Kier alpha value is -9.63. The molecule has 0 saturated carbocycles. The fraction of sp³-hybridized carbons (Fsp3) is 0.121. The molecule has 10 aromatic rings. The topological polar surface area (TPSA) is 200 Å². The number of fused-ring (bicyclic) bond motifs is 2. The number of carbonyl (C=O) groups excluding carboxylic acids is 3. The number of phenols is 2. The van der Waals surface area contributed by atoms with Crippen LogP contribution in [-0.2, 0) is 40.1 Å². The summed E-state index contributed by atoms with van der Waals surface area (Å²) >= 11 is 0. The first-order valence-electron chi connectivity index (χ1n) is 23.2. The summed E-state index contributed by atoms with van der Waals surface area (Å²) in [6.45, 7) is 4.04. The Morgan fingerprint density at radius 1 is 0.411 bits per heavy atom. The van der Waals surface area contributed by atoms with Gasteiger partial charge >= 0.3 is 17.9 Å². The number of rotatable bonds is 13. The summed E-state index contributed by atoms with van der Waals surface area (Å²) in [5.41, 5.74) is 10.6. The van der Waals surface area contributed by atoms with Crippen LogP contribution in [0, 0.1) is 0 Å². The first-order valence-corrected chi connectivity index (χ1v) is 23.2. The minimum Gasteiger partial charge on any atom is -0.508 e. The summed E-state index contributed by atoms with van der Waals surface area (Å²) in [6.07, 6.45) is 5.39. The predicted octanol–water partition coefficient (Wildman–Crippen LogP) is 10.0. The third kappa shape index (κ3) is 11.9. The van der Waals surface area contributed by atoms with Gasteiger partial charge in [0.05, 0.1) is 22.8 Å². The van der Waals surface area contributed by atoms with Gasteiger partial charge in [-0.1, -0.05) is 84.9 Å². The zero-order valence-corrected chi connectivity index (χ0v) is 40.0. The lowest BCUT2D eigenvalue weighted by Crippen LogP contribution is -2.07. The monoisotopic (exact) mass is 972 g/mol. The number of imidazole rings is 2. The number of benzene rings is 6. The van der Waals surface area contributed by atoms with E-state index in [1.54, 1.807) is 81.9 Å². The normalized spacial score (nSPS) is 10.9. The standard InChI is InChI=1S/C32H27N3O6.C26H21N3O3/c1-20(36)39-26-13-9-24(10-14-26)18-29-32(41-22(3)38)35-19-30(25-11-15-27(16-12-25)40-21(2)37)33-28(31(35)34-29)17-23-7-5-4-6-8-23;30-20-10-6-18(7-11-20)15-23-26(32)29-16-24(19-8-12-21(31)13-9-19)27-22(25(29)28-23)14-17-4-2-1-3-5-17/h4-16,19H,17-18H2,1-3H3;1-13,16,30-32H,14-15H2. The summed E-state index contributed by atoms with van der Waals surface area (Å²) < 4.78 is 19.4. The molecule has 0 aliphatic carbocycles. The third-order valence-corrected chi connectivity index (χ3v) is 11.5. The van der Waals surface area contributed by atoms with Crippen molar-refractivity contribution in [2.24, 2.45) is 0 Å². The van der Waals surface area contributed by atoms with Crippen LogP contribution in [0.25, 0.3) is 33.8 Å². The van der Waals surface area contributed by atoms with Crippen LogP contribution >= 0.6 is 0 Å². The SMILES string of the molecule is CC(=O)Oc1ccc(Cc2nc3c(Cc4ccccc4)nc(-c4ccc(OC(C)=O)cc4)cn3c2OC(C)=O)cc1.Oc1ccc(Cc2nc3c(Cc4ccccc4)nc(-c4ccc(O)cc4)cn3c2O)cc1. The van der Waals surface area contributed by atoms with Crippen LogP contribution in [0.5, 0.6) is 34.8 Å². The first kappa shape index (κ1) is 48.4. The molecule has 3 N–H and O–H groups in total. The number of carbonyl (C=O) groups is 3. The number of ether oxygens (including phenoxy) is 3. The molecule has 73 heavy (non-hydrogen) atoms. The van der Waals surface area contributed by atoms with E-state index >= 15 is 0 Å². The minimum absolute atomic E-state index is 0.0600. The number of hydrogen-bond acceptors (Lipinski definition) is 13. The Morgan fingerprint density at radius 3 is 1.27 bits per heavy atom. The lowest BCUT2D eigenvalue weighted by molar-refractivity contribution is -0.133. The lowest BCUT2D eigenvalue weighted by Gasteiger charge is -2.10. The number of esters is 3. The lowest BCUT2D eigenvalue weighted by atomic mass is 10.1. The maximum Gasteiger partial charge on any atom is 0.309 e. The highest BCUT2D eigenvalue weighted by Gasteiger charge is 2.22. The van der Waals surface area contributed by atoms with E-state index in [0.29, 0.717) is 82.8 Å². The van der Waals surface area contributed by atoms with E-state index in [-0.39, 0.29) is 17.4 Å². The molecule has 0 atom stereocenters. The molecule has 0 aliphatic heterocycles. The van der Waals surface area contributed by atoms with E-state index in [1.165, 1.54) is 20.8 Å². The molecule has 0 radical (unpaired) electrons. The summed E-state index contributed by atoms with van der Waals surface area (Å²) in [6, 6.07) is 47.7. The predicted molar refractivity (Wildman–Crippen MR) is 273 cm³/mol. The third-order valence-electron chi connectivity index (χ3n) is 11.5. The Labute approximate surface area is 419 Å². The van der Waals surface area contributed by atoms with Gasteiger partial charge in [-0.05, 0) is 95.1 Å². The van der Waals surface area contributed by atoms with Crippen LogP contribution in [0.15, 0.2) is 170 Å². The molecule has 0 saturated heterocycles. The number of nitrogens with zero attached hydrogens (tertiary/aromatic N) is 6. The molecule has 4 heterocycles. The quantitative estimate of drug-likeness (QED) is 0.0729. The van der Waals surface area contributed by atoms with Crippen LogP contribution in [0.2, 0.25) is 0 Å². The van der Waals surface area contributed by atoms with E-state index in [4.69, 9.17) is 34.1 Å². The van der Waals surface area contributed by atoms with Gasteiger partial charge in [0.1, 0.15) is 34.4 Å². The molecule has 0 bridgehead atoms. The molecule has 0 unspecified atom stereocenters. The van der Waals surface area contributed by atoms with E-state index in [9.17, 15) is 29.7 Å². The second-order valence-corrected chi connectivity index (χ2v) is 17.1. The molecular formula is C58H48N6O9. The van der Waals surface area contributed by atoms with Crippen LogP contribution in [-0.4, -0.2) is 62.0 Å². The minimum atomic E-state index is -0.480. The van der Waals surface area contributed by atoms with Crippen molar-refractivity contribution in [3.8, 4) is 57.3 Å². The Morgan fingerprint density at radius 2 is 0.781 bits per heavy atom. The average molecular weight is 973 g/mol. The molecule has 4 aromatic heterocycles. The van der Waals surface area contributed by atoms with Crippen LogP contribution < -0.4 is 14.2 Å². The second-order valence-electron chi connectivity index (χ2n) is 17.1. The highest BCUT2D eigenvalue weighted by molar-refractivity contribution is 5.72. The molecule has 0 amide bonds. The highest BCUT2D eigenvalue weighted by Crippen LogP contribution is 2.32. The number of phenolic OH excluding ortho intramolecular Hbond substituents is 2. The largest absolute Gasteiger partial charge is 0.508 e. The Balaban J connectivity index is 0.000000185. The van der Waals surface area contributed by atoms with Gasteiger partial charge in [0.2, 0.25) is 11.8 Å². The molecule has 10 rings (SSSR count). The fourth-order valence-electron chi connectivity index (χ4n) is 8.18. The summed E-state index contributed by atoms with van der Waals surface area (Å²) in [5, 5.41) is 30.2. The molecule has 364 valence electrons. The number of hydrogen-bond donors (Lipinski definition) is 3. The van der Waals surface area contributed by atoms with Gasteiger partial charge in [0, 0.05) is 70.0 Å². The van der Waals surface area contributed by atoms with Crippen molar-refractivity contribution < 1.29 is 43.9 Å². The maximum atomic E-state index is 12.2. The van der Waals surface area contributed by atoms with Crippen molar-refractivity contribution in [1.82, 2.24) is 28.7 Å². The van der Waals surface area contributed by atoms with E-state index < -0.39 is 17.9 Å². The van der Waals surface area contributed by atoms with Gasteiger partial charge in [-0.15, -0.1) is 0 Å². The first-order chi connectivity index (χ1) is 35.3. The molecule has 15 heteroatoms. The summed E-state index contributed by atoms with van der Waals surface area (Å²) in [5.74, 6) is 0.322. The van der Waals surface area contributed by atoms with Crippen molar-refractivity contribution in [3.63, 3.8) is 0 Å². The Kier molecular flexibility index (Phi) is 14.3. The van der Waals surface area contributed by atoms with Crippen molar-refractivity contribution in [2.75, 3.05) is 0 Å². The van der Waals surface area contributed by atoms with Gasteiger partial charge in [-0.2, -0.15) is 0 Å². The zero-order valence-electron chi connectivity index (χ0n) is 40.0. The molecule has 6 aromatic carbocycles.